The molecular formula is C8H12O2. The minimum atomic E-state index is 0. The first kappa shape index (κ1) is 7.06. The number of rotatable bonds is 1. The molecule has 0 aliphatic heterocycles. The topological polar surface area (TPSA) is 30.2 Å². The summed E-state index contributed by atoms with van der Waals surface area (Å²) < 4.78 is 4.91. The maximum Gasteiger partial charge on any atom is 0.190 e. The Labute approximate surface area is 61.0 Å². The van der Waals surface area contributed by atoms with Crippen LogP contribution in [0.2, 0.25) is 0 Å². The van der Waals surface area contributed by atoms with E-state index in [0.29, 0.717) is 5.56 Å². The zero-order chi connectivity index (χ0) is 7.56. The van der Waals surface area contributed by atoms with Crippen molar-refractivity contribution in [2.45, 2.75) is 20.3 Å². The Morgan fingerprint density at radius 2 is 2.30 bits per heavy atom. The summed E-state index contributed by atoms with van der Waals surface area (Å²) in [4.78, 5) is 11.1. The standard InChI is InChI=1S/C8H10O2.H2/c1-3-7-5-10-4-6(2)8(7)9;/h4-5H,3H2,1-2H3;1H. The molecule has 1 rings (SSSR count). The van der Waals surface area contributed by atoms with E-state index >= 15 is 0 Å². The fourth-order valence-corrected chi connectivity index (χ4v) is 0.822. The molecule has 0 aliphatic rings. The van der Waals surface area contributed by atoms with Crippen LogP contribution in [0.3, 0.4) is 0 Å². The van der Waals surface area contributed by atoms with E-state index in [1.54, 1.807) is 6.92 Å². The molecule has 0 N–H and O–H groups in total. The van der Waals surface area contributed by atoms with E-state index < -0.39 is 0 Å². The predicted molar refractivity (Wildman–Crippen MR) is 41.2 cm³/mol. The third kappa shape index (κ3) is 1.10. The lowest BCUT2D eigenvalue weighted by Gasteiger charge is -1.93. The number of aryl methyl sites for hydroxylation is 2. The number of hydrogen-bond acceptors (Lipinski definition) is 2. The summed E-state index contributed by atoms with van der Waals surface area (Å²) in [7, 11) is 0. The molecule has 1 heterocycles. The van der Waals surface area contributed by atoms with E-state index in [2.05, 4.69) is 0 Å². The fourth-order valence-electron chi connectivity index (χ4n) is 0.822. The zero-order valence-corrected chi connectivity index (χ0v) is 6.18. The molecule has 0 amide bonds. The van der Waals surface area contributed by atoms with Gasteiger partial charge in [0.25, 0.3) is 0 Å². The summed E-state index contributed by atoms with van der Waals surface area (Å²) >= 11 is 0. The van der Waals surface area contributed by atoms with Gasteiger partial charge in [0.05, 0.1) is 12.5 Å². The fraction of sp³-hybridized carbons (Fsp3) is 0.375. The summed E-state index contributed by atoms with van der Waals surface area (Å²) in [5.41, 5.74) is 1.54. The minimum Gasteiger partial charge on any atom is -0.472 e. The van der Waals surface area contributed by atoms with Crippen LogP contribution in [0.25, 0.3) is 0 Å². The lowest BCUT2D eigenvalue weighted by atomic mass is 10.2. The summed E-state index contributed by atoms with van der Waals surface area (Å²) in [5.74, 6) is 0. The minimum absolute atomic E-state index is 0. The summed E-state index contributed by atoms with van der Waals surface area (Å²) in [6, 6.07) is 0. The quantitative estimate of drug-likeness (QED) is 0.595. The van der Waals surface area contributed by atoms with Crippen LogP contribution in [-0.2, 0) is 6.42 Å². The molecule has 0 saturated heterocycles. The van der Waals surface area contributed by atoms with Crippen molar-refractivity contribution in [1.29, 1.82) is 0 Å². The first-order valence-electron chi connectivity index (χ1n) is 3.31. The molecule has 0 unspecified atom stereocenters. The molecule has 0 saturated carbocycles. The van der Waals surface area contributed by atoms with E-state index in [1.165, 1.54) is 12.5 Å². The van der Waals surface area contributed by atoms with Crippen molar-refractivity contribution < 1.29 is 5.84 Å². The van der Waals surface area contributed by atoms with Gasteiger partial charge in [0.1, 0.15) is 0 Å². The van der Waals surface area contributed by atoms with E-state index in [0.717, 1.165) is 12.0 Å². The second kappa shape index (κ2) is 2.69. The van der Waals surface area contributed by atoms with Crippen LogP contribution in [-0.4, -0.2) is 0 Å². The molecule has 1 aromatic heterocycles. The third-order valence-electron chi connectivity index (χ3n) is 1.49. The van der Waals surface area contributed by atoms with Crippen molar-refractivity contribution in [3.63, 3.8) is 0 Å². The van der Waals surface area contributed by atoms with Crippen LogP contribution >= 0.6 is 0 Å². The molecule has 0 aromatic carbocycles. The van der Waals surface area contributed by atoms with Gasteiger partial charge in [0.15, 0.2) is 5.43 Å². The van der Waals surface area contributed by atoms with Crippen LogP contribution < -0.4 is 5.43 Å². The van der Waals surface area contributed by atoms with Gasteiger partial charge in [-0.05, 0) is 13.3 Å². The molecule has 0 aliphatic carbocycles. The molecule has 0 radical (unpaired) electrons. The van der Waals surface area contributed by atoms with E-state index in [4.69, 9.17) is 4.42 Å². The van der Waals surface area contributed by atoms with E-state index in [9.17, 15) is 4.79 Å². The Morgan fingerprint density at radius 1 is 1.60 bits per heavy atom. The maximum absolute atomic E-state index is 11.1. The highest BCUT2D eigenvalue weighted by molar-refractivity contribution is 5.14. The highest BCUT2D eigenvalue weighted by Gasteiger charge is 1.98. The van der Waals surface area contributed by atoms with Gasteiger partial charge in [-0.3, -0.25) is 4.79 Å². The SMILES string of the molecule is CCc1cocc(C)c1=O.[HH]. The van der Waals surface area contributed by atoms with Gasteiger partial charge in [-0.25, -0.2) is 0 Å². The lowest BCUT2D eigenvalue weighted by molar-refractivity contribution is 0.536. The maximum atomic E-state index is 11.1. The van der Waals surface area contributed by atoms with Gasteiger partial charge >= 0.3 is 0 Å². The Balaban J connectivity index is 0.000001000. The van der Waals surface area contributed by atoms with Gasteiger partial charge in [-0.2, -0.15) is 0 Å². The Hall–Kier alpha value is -1.05. The molecule has 1 aromatic rings. The van der Waals surface area contributed by atoms with Crippen molar-refractivity contribution in [2.24, 2.45) is 0 Å². The van der Waals surface area contributed by atoms with Crippen LogP contribution in [0.1, 0.15) is 19.5 Å². The zero-order valence-electron chi connectivity index (χ0n) is 6.18. The molecule has 0 fully saturated rings. The molecule has 0 atom stereocenters. The smallest absolute Gasteiger partial charge is 0.190 e. The average Bonchev–Trinajstić information content (AvgIpc) is 1.95. The Morgan fingerprint density at radius 3 is 2.80 bits per heavy atom. The lowest BCUT2D eigenvalue weighted by Crippen LogP contribution is -2.09. The molecule has 10 heavy (non-hydrogen) atoms. The van der Waals surface area contributed by atoms with Crippen molar-refractivity contribution in [1.82, 2.24) is 0 Å². The van der Waals surface area contributed by atoms with Crippen molar-refractivity contribution in [3.8, 4) is 0 Å². The molecular weight excluding hydrogens is 128 g/mol. The van der Waals surface area contributed by atoms with Crippen LogP contribution in [0.4, 0.5) is 0 Å². The summed E-state index contributed by atoms with van der Waals surface area (Å²) in [6.45, 7) is 3.69. The van der Waals surface area contributed by atoms with Crippen LogP contribution in [0, 0.1) is 6.92 Å². The van der Waals surface area contributed by atoms with Crippen molar-refractivity contribution in [3.05, 3.63) is 33.9 Å². The largest absolute Gasteiger partial charge is 0.472 e. The van der Waals surface area contributed by atoms with Gasteiger partial charge in [0.2, 0.25) is 0 Å². The van der Waals surface area contributed by atoms with Crippen LogP contribution in [0.5, 0.6) is 0 Å². The van der Waals surface area contributed by atoms with Crippen molar-refractivity contribution in [2.75, 3.05) is 0 Å². The van der Waals surface area contributed by atoms with Crippen molar-refractivity contribution >= 4 is 0 Å². The monoisotopic (exact) mass is 140 g/mol. The highest BCUT2D eigenvalue weighted by atomic mass is 16.3. The summed E-state index contributed by atoms with van der Waals surface area (Å²) in [5, 5.41) is 0. The van der Waals surface area contributed by atoms with Gasteiger partial charge in [0, 0.05) is 12.6 Å². The first-order valence-corrected chi connectivity index (χ1v) is 3.31. The normalized spacial score (nSPS) is 9.80. The second-order valence-corrected chi connectivity index (χ2v) is 2.26. The molecule has 2 nitrogen and oxygen atoms in total. The van der Waals surface area contributed by atoms with E-state index in [1.807, 2.05) is 6.92 Å². The highest BCUT2D eigenvalue weighted by Crippen LogP contribution is 1.95. The molecule has 0 spiro atoms. The van der Waals surface area contributed by atoms with Gasteiger partial charge < -0.3 is 4.42 Å². The van der Waals surface area contributed by atoms with Gasteiger partial charge in [-0.15, -0.1) is 0 Å². The van der Waals surface area contributed by atoms with Gasteiger partial charge in [-0.1, -0.05) is 6.92 Å². The molecule has 2 heteroatoms. The van der Waals surface area contributed by atoms with E-state index in [-0.39, 0.29) is 6.86 Å². The summed E-state index contributed by atoms with van der Waals surface area (Å²) in [6.07, 6.45) is 3.72. The first-order chi connectivity index (χ1) is 4.75. The third-order valence-corrected chi connectivity index (χ3v) is 1.49. The second-order valence-electron chi connectivity index (χ2n) is 2.26. The molecule has 0 bridgehead atoms. The number of hydrogen-bond donors (Lipinski definition) is 0. The molecule has 56 valence electrons. The average molecular weight is 140 g/mol. The van der Waals surface area contributed by atoms with Crippen LogP contribution in [0.15, 0.2) is 21.7 Å². The predicted octanol–water partition coefficient (Wildman–Crippen LogP) is 1.76. The Kier molecular flexibility index (Phi) is 1.90. The Bertz CT molecular complexity index is 278.